The van der Waals surface area contributed by atoms with Crippen molar-refractivity contribution in [2.75, 3.05) is 26.2 Å². The highest BCUT2D eigenvalue weighted by atomic mass is 19.4. The molecule has 1 unspecified atom stereocenters. The molecule has 0 aromatic heterocycles. The number of rotatable bonds is 8. The van der Waals surface area contributed by atoms with E-state index in [1.807, 2.05) is 60.7 Å². The molecular formula is C33H35F3N2O3. The lowest BCUT2D eigenvalue weighted by Gasteiger charge is -2.42. The Kier molecular flexibility index (Phi) is 8.23. The molecule has 0 spiro atoms. The second kappa shape index (κ2) is 11.7. The van der Waals surface area contributed by atoms with Gasteiger partial charge in [0.25, 0.3) is 0 Å². The van der Waals surface area contributed by atoms with Crippen LogP contribution in [0.4, 0.5) is 13.2 Å². The summed E-state index contributed by atoms with van der Waals surface area (Å²) in [7, 11) is 0. The van der Waals surface area contributed by atoms with Crippen LogP contribution in [0.25, 0.3) is 0 Å². The maximum Gasteiger partial charge on any atom is 0.416 e. The van der Waals surface area contributed by atoms with Crippen LogP contribution in [0.2, 0.25) is 0 Å². The molecule has 8 heteroatoms. The standard InChI is InChI=1S/C33H35F3N2O3/c1-2-29(39)41-31(26-14-9-15-27(22-26)33(34,35)36)17-20-38(21-18-31)19-16-28-23-37-30(40)32(28,24-10-5-3-6-11-24)25-12-7-4-8-13-25/h3-15,22,28H,2,16-21,23H2,1H3,(H,37,40). The molecule has 1 N–H and O–H groups in total. The number of nitrogens with one attached hydrogen (secondary N) is 1. The van der Waals surface area contributed by atoms with Gasteiger partial charge in [0.15, 0.2) is 0 Å². The van der Waals surface area contributed by atoms with Gasteiger partial charge in [-0.25, -0.2) is 0 Å². The summed E-state index contributed by atoms with van der Waals surface area (Å²) in [5.41, 5.74) is -0.364. The molecular weight excluding hydrogens is 529 g/mol. The number of nitrogens with zero attached hydrogens (tertiary/aromatic N) is 1. The lowest BCUT2D eigenvalue weighted by Crippen LogP contribution is -2.47. The van der Waals surface area contributed by atoms with Crippen LogP contribution in [0.1, 0.15) is 54.9 Å². The zero-order valence-corrected chi connectivity index (χ0v) is 23.1. The molecule has 1 amide bonds. The molecule has 41 heavy (non-hydrogen) atoms. The zero-order valence-electron chi connectivity index (χ0n) is 23.1. The molecule has 2 aliphatic heterocycles. The number of piperidine rings is 1. The Labute approximate surface area is 238 Å². The number of carbonyl (C=O) groups is 2. The molecule has 0 aliphatic carbocycles. The smallest absolute Gasteiger partial charge is 0.416 e. The lowest BCUT2D eigenvalue weighted by atomic mass is 9.66. The van der Waals surface area contributed by atoms with E-state index in [4.69, 9.17) is 4.74 Å². The average molecular weight is 565 g/mol. The number of carbonyl (C=O) groups excluding carboxylic acids is 2. The summed E-state index contributed by atoms with van der Waals surface area (Å²) in [6.45, 7) is 4.07. The summed E-state index contributed by atoms with van der Waals surface area (Å²) in [6, 6.07) is 24.9. The van der Waals surface area contributed by atoms with Crippen LogP contribution < -0.4 is 5.32 Å². The Morgan fingerprint density at radius 3 is 2.07 bits per heavy atom. The number of hydrogen-bond donors (Lipinski definition) is 1. The largest absolute Gasteiger partial charge is 0.454 e. The summed E-state index contributed by atoms with van der Waals surface area (Å²) in [4.78, 5) is 28.2. The van der Waals surface area contributed by atoms with Gasteiger partial charge in [0.2, 0.25) is 5.91 Å². The monoisotopic (exact) mass is 564 g/mol. The van der Waals surface area contributed by atoms with Gasteiger partial charge in [0, 0.05) is 44.8 Å². The van der Waals surface area contributed by atoms with Gasteiger partial charge in [-0.2, -0.15) is 13.2 Å². The molecule has 2 fully saturated rings. The number of halogens is 3. The third-order valence-electron chi connectivity index (χ3n) is 8.71. The first-order chi connectivity index (χ1) is 19.7. The minimum atomic E-state index is -4.48. The predicted molar refractivity (Wildman–Crippen MR) is 150 cm³/mol. The fourth-order valence-electron chi connectivity index (χ4n) is 6.51. The van der Waals surface area contributed by atoms with Gasteiger partial charge in [-0.3, -0.25) is 9.59 Å². The van der Waals surface area contributed by atoms with Crippen molar-refractivity contribution in [1.29, 1.82) is 0 Å². The van der Waals surface area contributed by atoms with Crippen molar-refractivity contribution in [1.82, 2.24) is 10.2 Å². The van der Waals surface area contributed by atoms with E-state index in [0.717, 1.165) is 29.7 Å². The van der Waals surface area contributed by atoms with E-state index in [1.54, 1.807) is 13.0 Å². The highest BCUT2D eigenvalue weighted by Crippen LogP contribution is 2.45. The quantitative estimate of drug-likeness (QED) is 0.338. The summed E-state index contributed by atoms with van der Waals surface area (Å²) in [5, 5.41) is 3.12. The molecule has 1 atom stereocenters. The van der Waals surface area contributed by atoms with Crippen LogP contribution in [0.3, 0.4) is 0 Å². The first-order valence-electron chi connectivity index (χ1n) is 14.2. The molecule has 0 saturated carbocycles. The molecule has 2 saturated heterocycles. The van der Waals surface area contributed by atoms with Gasteiger partial charge < -0.3 is 15.0 Å². The van der Waals surface area contributed by atoms with Crippen LogP contribution in [-0.4, -0.2) is 43.0 Å². The number of hydrogen-bond acceptors (Lipinski definition) is 4. The first kappa shape index (κ1) is 28.9. The molecule has 216 valence electrons. The van der Waals surface area contributed by atoms with Crippen LogP contribution >= 0.6 is 0 Å². The average Bonchev–Trinajstić information content (AvgIpc) is 3.33. The highest BCUT2D eigenvalue weighted by Gasteiger charge is 2.52. The zero-order chi connectivity index (χ0) is 29.1. The van der Waals surface area contributed by atoms with Crippen molar-refractivity contribution in [2.24, 2.45) is 5.92 Å². The van der Waals surface area contributed by atoms with Crippen LogP contribution in [0.15, 0.2) is 84.9 Å². The predicted octanol–water partition coefficient (Wildman–Crippen LogP) is 6.07. The van der Waals surface area contributed by atoms with Gasteiger partial charge >= 0.3 is 12.1 Å². The van der Waals surface area contributed by atoms with Crippen molar-refractivity contribution in [2.45, 2.75) is 49.8 Å². The van der Waals surface area contributed by atoms with Crippen LogP contribution in [0.5, 0.6) is 0 Å². The van der Waals surface area contributed by atoms with Crippen molar-refractivity contribution < 1.29 is 27.5 Å². The van der Waals surface area contributed by atoms with Crippen molar-refractivity contribution >= 4 is 11.9 Å². The summed E-state index contributed by atoms with van der Waals surface area (Å²) in [6.07, 6.45) is -2.81. The summed E-state index contributed by atoms with van der Waals surface area (Å²) < 4.78 is 46.4. The van der Waals surface area contributed by atoms with E-state index in [-0.39, 0.29) is 18.2 Å². The molecule has 2 aliphatic rings. The Hall–Kier alpha value is -3.65. The van der Waals surface area contributed by atoms with E-state index in [1.165, 1.54) is 6.07 Å². The van der Waals surface area contributed by atoms with Gasteiger partial charge in [-0.15, -0.1) is 0 Å². The number of amides is 1. The second-order valence-corrected chi connectivity index (χ2v) is 11.0. The lowest BCUT2D eigenvalue weighted by molar-refractivity contribution is -0.166. The number of benzene rings is 3. The van der Waals surface area contributed by atoms with Crippen molar-refractivity contribution in [3.05, 3.63) is 107 Å². The van der Waals surface area contributed by atoms with Gasteiger partial charge in [-0.05, 0) is 41.8 Å². The highest BCUT2D eigenvalue weighted by molar-refractivity contribution is 5.94. The second-order valence-electron chi connectivity index (χ2n) is 11.0. The van der Waals surface area contributed by atoms with E-state index in [9.17, 15) is 22.8 Å². The van der Waals surface area contributed by atoms with E-state index in [0.29, 0.717) is 44.6 Å². The Balaban J connectivity index is 1.35. The van der Waals surface area contributed by atoms with Crippen LogP contribution in [-0.2, 0) is 31.5 Å². The third kappa shape index (κ3) is 5.62. The maximum absolute atomic E-state index is 13.6. The topological polar surface area (TPSA) is 58.6 Å². The normalized spacial score (nSPS) is 20.4. The van der Waals surface area contributed by atoms with E-state index in [2.05, 4.69) is 10.2 Å². The molecule has 2 heterocycles. The first-order valence-corrected chi connectivity index (χ1v) is 14.2. The number of ether oxygens (including phenoxy) is 1. The molecule has 0 radical (unpaired) electrons. The van der Waals surface area contributed by atoms with E-state index >= 15 is 0 Å². The molecule has 5 nitrogen and oxygen atoms in total. The number of likely N-dealkylation sites (tertiary alicyclic amines) is 1. The van der Waals surface area contributed by atoms with Gasteiger partial charge in [0.05, 0.1) is 5.56 Å². The van der Waals surface area contributed by atoms with Gasteiger partial charge in [-0.1, -0.05) is 79.7 Å². The van der Waals surface area contributed by atoms with E-state index < -0.39 is 28.7 Å². The maximum atomic E-state index is 13.6. The SMILES string of the molecule is CCC(=O)OC1(c2cccc(C(F)(F)F)c2)CCN(CCC2CNC(=O)C2(c2ccccc2)c2ccccc2)CC1. The Morgan fingerprint density at radius 2 is 1.51 bits per heavy atom. The fourth-order valence-corrected chi connectivity index (χ4v) is 6.51. The van der Waals surface area contributed by atoms with Crippen molar-refractivity contribution in [3.8, 4) is 0 Å². The fraction of sp³-hybridized carbons (Fsp3) is 0.394. The Bertz CT molecular complexity index is 1310. The third-order valence-corrected chi connectivity index (χ3v) is 8.71. The molecule has 3 aromatic carbocycles. The number of esters is 1. The Morgan fingerprint density at radius 1 is 0.927 bits per heavy atom. The number of alkyl halides is 3. The summed E-state index contributed by atoms with van der Waals surface area (Å²) >= 11 is 0. The summed E-state index contributed by atoms with van der Waals surface area (Å²) in [5.74, 6) is -0.427. The molecule has 3 aromatic rings. The van der Waals surface area contributed by atoms with Gasteiger partial charge in [0.1, 0.15) is 11.0 Å². The molecule has 5 rings (SSSR count). The van der Waals surface area contributed by atoms with Crippen LogP contribution in [0, 0.1) is 5.92 Å². The molecule has 0 bridgehead atoms. The minimum absolute atomic E-state index is 0.00594. The van der Waals surface area contributed by atoms with Crippen molar-refractivity contribution in [3.63, 3.8) is 0 Å². The minimum Gasteiger partial charge on any atom is -0.454 e.